The number of carbonyl (C=O) groups excluding carboxylic acids is 1. The second kappa shape index (κ2) is 4.36. The Labute approximate surface area is 95.8 Å². The van der Waals surface area contributed by atoms with Crippen molar-refractivity contribution in [1.29, 1.82) is 0 Å². The second-order valence-corrected chi connectivity index (χ2v) is 3.84. The molecule has 0 aliphatic heterocycles. The molecule has 0 spiro atoms. The van der Waals surface area contributed by atoms with E-state index in [0.29, 0.717) is 0 Å². The van der Waals surface area contributed by atoms with Crippen molar-refractivity contribution in [3.05, 3.63) is 18.0 Å². The molecule has 0 aliphatic carbocycles. The predicted molar refractivity (Wildman–Crippen MR) is 53.9 cm³/mol. The highest BCUT2D eigenvalue weighted by Gasteiger charge is 2.35. The van der Waals surface area contributed by atoms with Gasteiger partial charge in [-0.25, -0.2) is 0 Å². The number of nitrogens with one attached hydrogen (secondary N) is 1. The van der Waals surface area contributed by atoms with Gasteiger partial charge in [-0.2, -0.15) is 18.3 Å². The molecule has 17 heavy (non-hydrogen) atoms. The lowest BCUT2D eigenvalue weighted by molar-refractivity contribution is -0.141. The highest BCUT2D eigenvalue weighted by molar-refractivity contribution is 5.84. The first-order valence-corrected chi connectivity index (χ1v) is 4.78. The van der Waals surface area contributed by atoms with Gasteiger partial charge in [0, 0.05) is 6.20 Å². The van der Waals surface area contributed by atoms with Crippen LogP contribution in [0.25, 0.3) is 0 Å². The predicted octanol–water partition coefficient (Wildman–Crippen LogP) is 0.365. The molecule has 5 nitrogen and oxygen atoms in total. The number of alkyl halides is 3. The van der Waals surface area contributed by atoms with Gasteiger partial charge in [0.1, 0.15) is 5.54 Å². The molecular formula is C9H13F3N4O. The summed E-state index contributed by atoms with van der Waals surface area (Å²) in [6, 6.07) is 0.844. The van der Waals surface area contributed by atoms with Crippen LogP contribution in [0.2, 0.25) is 0 Å². The van der Waals surface area contributed by atoms with E-state index in [4.69, 9.17) is 5.73 Å². The largest absolute Gasteiger partial charge is 0.435 e. The molecule has 0 saturated heterocycles. The number of hydrogen-bond acceptors (Lipinski definition) is 3. The fraction of sp³-hybridized carbons (Fsp3) is 0.556. The number of halogens is 3. The molecule has 0 aliphatic rings. The Morgan fingerprint density at radius 1 is 1.59 bits per heavy atom. The van der Waals surface area contributed by atoms with Gasteiger partial charge in [-0.15, -0.1) is 0 Å². The minimum absolute atomic E-state index is 0.0745. The van der Waals surface area contributed by atoms with Crippen LogP contribution in [0, 0.1) is 0 Å². The maximum Gasteiger partial charge on any atom is 0.435 e. The lowest BCUT2D eigenvalue weighted by Gasteiger charge is -2.25. The molecule has 0 aromatic carbocycles. The Balaban J connectivity index is 2.89. The Morgan fingerprint density at radius 2 is 2.18 bits per heavy atom. The van der Waals surface area contributed by atoms with Crippen molar-refractivity contribution in [3.63, 3.8) is 0 Å². The number of rotatable bonds is 4. The summed E-state index contributed by atoms with van der Waals surface area (Å²) in [6.07, 6.45) is -3.34. The summed E-state index contributed by atoms with van der Waals surface area (Å²) in [4.78, 5) is 11.2. The zero-order valence-corrected chi connectivity index (χ0v) is 9.38. The van der Waals surface area contributed by atoms with Crippen molar-refractivity contribution in [2.75, 3.05) is 7.05 Å². The van der Waals surface area contributed by atoms with Crippen molar-refractivity contribution in [2.24, 2.45) is 5.73 Å². The van der Waals surface area contributed by atoms with Gasteiger partial charge in [-0.1, -0.05) is 0 Å². The molecule has 3 N–H and O–H groups in total. The summed E-state index contributed by atoms with van der Waals surface area (Å²) in [5.41, 5.74) is 3.01. The summed E-state index contributed by atoms with van der Waals surface area (Å²) in [5.74, 6) is -0.663. The molecule has 0 fully saturated rings. The first-order chi connectivity index (χ1) is 7.69. The number of nitrogens with two attached hydrogens (primary N) is 1. The van der Waals surface area contributed by atoms with Gasteiger partial charge in [0.2, 0.25) is 5.91 Å². The Kier molecular flexibility index (Phi) is 3.46. The highest BCUT2D eigenvalue weighted by Crippen LogP contribution is 2.27. The monoisotopic (exact) mass is 250 g/mol. The van der Waals surface area contributed by atoms with Crippen LogP contribution in [0.3, 0.4) is 0 Å². The van der Waals surface area contributed by atoms with Crippen LogP contribution in [0.4, 0.5) is 13.2 Å². The smallest absolute Gasteiger partial charge is 0.368 e. The van der Waals surface area contributed by atoms with Gasteiger partial charge in [0.05, 0.1) is 6.54 Å². The molecule has 1 amide bonds. The van der Waals surface area contributed by atoms with Gasteiger partial charge in [-0.05, 0) is 20.0 Å². The van der Waals surface area contributed by atoms with Gasteiger partial charge in [0.25, 0.3) is 0 Å². The SMILES string of the molecule is CNC(C)(Cn1ccc(C(F)(F)F)n1)C(N)=O. The standard InChI is InChI=1S/C9H13F3N4O/c1-8(14-2,7(13)17)5-16-4-3-6(15-16)9(10,11)12/h3-4,14H,5H2,1-2H3,(H2,13,17). The second-order valence-electron chi connectivity index (χ2n) is 3.84. The molecule has 1 rings (SSSR count). The molecule has 1 unspecified atom stereocenters. The van der Waals surface area contributed by atoms with Crippen molar-refractivity contribution < 1.29 is 18.0 Å². The number of likely N-dealkylation sites (N-methyl/N-ethyl adjacent to an activating group) is 1. The molecule has 8 heteroatoms. The van der Waals surface area contributed by atoms with Crippen LogP contribution in [0.5, 0.6) is 0 Å². The van der Waals surface area contributed by atoms with Crippen molar-refractivity contribution in [3.8, 4) is 0 Å². The summed E-state index contributed by atoms with van der Waals surface area (Å²) < 4.78 is 37.9. The third kappa shape index (κ3) is 2.96. The van der Waals surface area contributed by atoms with E-state index in [0.717, 1.165) is 16.9 Å². The van der Waals surface area contributed by atoms with Crippen LogP contribution in [-0.2, 0) is 17.5 Å². The summed E-state index contributed by atoms with van der Waals surface area (Å²) in [5, 5.41) is 6.00. The lowest BCUT2D eigenvalue weighted by Crippen LogP contribution is -2.54. The van der Waals surface area contributed by atoms with Crippen LogP contribution in [0.15, 0.2) is 12.3 Å². The average Bonchev–Trinajstić information content (AvgIpc) is 2.65. The Morgan fingerprint density at radius 3 is 2.53 bits per heavy atom. The number of primary amides is 1. The molecule has 96 valence electrons. The first-order valence-electron chi connectivity index (χ1n) is 4.78. The highest BCUT2D eigenvalue weighted by atomic mass is 19.4. The van der Waals surface area contributed by atoms with Crippen LogP contribution >= 0.6 is 0 Å². The molecule has 1 heterocycles. The van der Waals surface area contributed by atoms with E-state index in [1.807, 2.05) is 0 Å². The summed E-state index contributed by atoms with van der Waals surface area (Å²) in [6.45, 7) is 1.42. The van der Waals surface area contributed by atoms with E-state index in [2.05, 4.69) is 10.4 Å². The summed E-state index contributed by atoms with van der Waals surface area (Å²) >= 11 is 0. The third-order valence-electron chi connectivity index (χ3n) is 2.50. The fourth-order valence-electron chi connectivity index (χ4n) is 1.21. The number of carbonyl (C=O) groups is 1. The first kappa shape index (κ1) is 13.5. The number of nitrogens with zero attached hydrogens (tertiary/aromatic N) is 2. The fourth-order valence-corrected chi connectivity index (χ4v) is 1.21. The van der Waals surface area contributed by atoms with E-state index in [1.165, 1.54) is 14.0 Å². The van der Waals surface area contributed by atoms with E-state index < -0.39 is 23.3 Å². The maximum absolute atomic E-state index is 12.3. The van der Waals surface area contributed by atoms with Crippen LogP contribution in [0.1, 0.15) is 12.6 Å². The third-order valence-corrected chi connectivity index (χ3v) is 2.50. The van der Waals surface area contributed by atoms with Gasteiger partial charge in [0.15, 0.2) is 5.69 Å². The van der Waals surface area contributed by atoms with Gasteiger partial charge < -0.3 is 11.1 Å². The maximum atomic E-state index is 12.3. The quantitative estimate of drug-likeness (QED) is 0.810. The van der Waals surface area contributed by atoms with Gasteiger partial charge in [-0.3, -0.25) is 9.48 Å². The molecule has 1 atom stereocenters. The normalized spacial score (nSPS) is 15.6. The molecule has 0 radical (unpaired) electrons. The molecular weight excluding hydrogens is 237 g/mol. The van der Waals surface area contributed by atoms with E-state index in [-0.39, 0.29) is 6.54 Å². The Bertz CT molecular complexity index is 415. The Hall–Kier alpha value is -1.57. The van der Waals surface area contributed by atoms with Crippen molar-refractivity contribution >= 4 is 5.91 Å². The minimum atomic E-state index is -4.49. The molecule has 0 bridgehead atoms. The number of hydrogen-bond donors (Lipinski definition) is 2. The van der Waals surface area contributed by atoms with Crippen LogP contribution in [-0.4, -0.2) is 28.3 Å². The van der Waals surface area contributed by atoms with Crippen molar-refractivity contribution in [2.45, 2.75) is 25.2 Å². The lowest BCUT2D eigenvalue weighted by atomic mass is 10.0. The summed E-state index contributed by atoms with van der Waals surface area (Å²) in [7, 11) is 1.50. The zero-order valence-electron chi connectivity index (χ0n) is 9.38. The molecule has 1 aromatic heterocycles. The molecule has 1 aromatic rings. The zero-order chi connectivity index (χ0) is 13.3. The van der Waals surface area contributed by atoms with Crippen molar-refractivity contribution in [1.82, 2.24) is 15.1 Å². The van der Waals surface area contributed by atoms with E-state index in [1.54, 1.807) is 0 Å². The molecule has 0 saturated carbocycles. The average molecular weight is 250 g/mol. The number of amides is 1. The topological polar surface area (TPSA) is 72.9 Å². The van der Waals surface area contributed by atoms with Gasteiger partial charge >= 0.3 is 6.18 Å². The van der Waals surface area contributed by atoms with E-state index >= 15 is 0 Å². The van der Waals surface area contributed by atoms with E-state index in [9.17, 15) is 18.0 Å². The minimum Gasteiger partial charge on any atom is -0.368 e. The van der Waals surface area contributed by atoms with Crippen LogP contribution < -0.4 is 11.1 Å². The number of aromatic nitrogens is 2.